The van der Waals surface area contributed by atoms with Crippen molar-refractivity contribution in [3.8, 4) is 0 Å². The van der Waals surface area contributed by atoms with Crippen LogP contribution in [0, 0.1) is 13.8 Å². The lowest BCUT2D eigenvalue weighted by Crippen LogP contribution is -2.14. The highest BCUT2D eigenvalue weighted by Gasteiger charge is 2.12. The molecule has 5 heteroatoms. The minimum atomic E-state index is -0.324. The summed E-state index contributed by atoms with van der Waals surface area (Å²) in [6, 6.07) is 8.52. The Morgan fingerprint density at radius 2 is 2.00 bits per heavy atom. The molecule has 1 heterocycles. The molecule has 0 saturated heterocycles. The molecule has 1 amide bonds. The van der Waals surface area contributed by atoms with Gasteiger partial charge in [0, 0.05) is 11.4 Å². The Hall–Kier alpha value is -2.07. The number of hydrogen-bond donors (Lipinski definition) is 2. The second-order valence-corrected chi connectivity index (χ2v) is 4.77. The van der Waals surface area contributed by atoms with E-state index in [0.717, 1.165) is 11.3 Å². The zero-order valence-corrected chi connectivity index (χ0v) is 11.5. The van der Waals surface area contributed by atoms with Gasteiger partial charge in [0.15, 0.2) is 0 Å². The monoisotopic (exact) mass is 275 g/mol. The van der Waals surface area contributed by atoms with Gasteiger partial charge in [0.1, 0.15) is 5.82 Å². The van der Waals surface area contributed by atoms with Crippen LogP contribution >= 0.6 is 11.6 Å². The van der Waals surface area contributed by atoms with E-state index in [1.165, 1.54) is 0 Å². The highest BCUT2D eigenvalue weighted by molar-refractivity contribution is 6.34. The summed E-state index contributed by atoms with van der Waals surface area (Å²) < 4.78 is 0. The molecule has 19 heavy (non-hydrogen) atoms. The van der Waals surface area contributed by atoms with Crippen LogP contribution in [0.4, 0.5) is 11.5 Å². The normalized spacial score (nSPS) is 10.3. The summed E-state index contributed by atoms with van der Waals surface area (Å²) in [4.78, 5) is 16.4. The van der Waals surface area contributed by atoms with Crippen molar-refractivity contribution >= 4 is 29.0 Å². The lowest BCUT2D eigenvalue weighted by atomic mass is 10.2. The van der Waals surface area contributed by atoms with Crippen molar-refractivity contribution in [1.82, 2.24) is 4.98 Å². The fourth-order valence-electron chi connectivity index (χ4n) is 1.81. The molecule has 0 aliphatic heterocycles. The third-order valence-electron chi connectivity index (χ3n) is 2.57. The second-order valence-electron chi connectivity index (χ2n) is 4.36. The standard InChI is InChI=1S/C14H14ClN3O/c1-8-5-9(2)17-13(6-8)18-14(19)11-7-10(16)3-4-12(11)15/h3-7H,16H2,1-2H3,(H,17,18,19). The van der Waals surface area contributed by atoms with Gasteiger partial charge in [-0.2, -0.15) is 0 Å². The van der Waals surface area contributed by atoms with Gasteiger partial charge >= 0.3 is 0 Å². The van der Waals surface area contributed by atoms with Crippen LogP contribution in [0.1, 0.15) is 21.6 Å². The molecule has 0 aliphatic rings. The van der Waals surface area contributed by atoms with E-state index in [-0.39, 0.29) is 5.91 Å². The zero-order valence-electron chi connectivity index (χ0n) is 10.7. The minimum Gasteiger partial charge on any atom is -0.399 e. The third kappa shape index (κ3) is 3.23. The zero-order chi connectivity index (χ0) is 14.0. The molecule has 0 bridgehead atoms. The average molecular weight is 276 g/mol. The van der Waals surface area contributed by atoms with Crippen LogP contribution in [0.15, 0.2) is 30.3 Å². The number of anilines is 2. The van der Waals surface area contributed by atoms with Crippen molar-refractivity contribution in [3.05, 3.63) is 52.2 Å². The summed E-state index contributed by atoms with van der Waals surface area (Å²) in [5, 5.41) is 3.08. The first-order chi connectivity index (χ1) is 8.95. The lowest BCUT2D eigenvalue weighted by Gasteiger charge is -2.08. The second kappa shape index (κ2) is 5.28. The predicted molar refractivity (Wildman–Crippen MR) is 77.5 cm³/mol. The molecule has 1 aromatic carbocycles. The number of halogens is 1. The van der Waals surface area contributed by atoms with E-state index < -0.39 is 0 Å². The van der Waals surface area contributed by atoms with Crippen molar-refractivity contribution in [2.24, 2.45) is 0 Å². The fourth-order valence-corrected chi connectivity index (χ4v) is 2.01. The van der Waals surface area contributed by atoms with Crippen molar-refractivity contribution in [3.63, 3.8) is 0 Å². The molecule has 0 saturated carbocycles. The van der Waals surface area contributed by atoms with E-state index >= 15 is 0 Å². The summed E-state index contributed by atoms with van der Waals surface area (Å²) in [5.74, 6) is 0.177. The van der Waals surface area contributed by atoms with Gasteiger partial charge in [-0.15, -0.1) is 0 Å². The summed E-state index contributed by atoms with van der Waals surface area (Å²) in [7, 11) is 0. The number of aromatic nitrogens is 1. The number of pyridine rings is 1. The van der Waals surface area contributed by atoms with Crippen LogP contribution in [0.3, 0.4) is 0 Å². The molecule has 98 valence electrons. The van der Waals surface area contributed by atoms with E-state index in [2.05, 4.69) is 10.3 Å². The Morgan fingerprint density at radius 3 is 2.68 bits per heavy atom. The van der Waals surface area contributed by atoms with E-state index in [4.69, 9.17) is 17.3 Å². The Labute approximate surface area is 116 Å². The average Bonchev–Trinajstić information content (AvgIpc) is 2.30. The number of hydrogen-bond acceptors (Lipinski definition) is 3. The number of amides is 1. The van der Waals surface area contributed by atoms with Crippen LogP contribution in [-0.4, -0.2) is 10.9 Å². The number of carbonyl (C=O) groups excluding carboxylic acids is 1. The van der Waals surface area contributed by atoms with Crippen LogP contribution < -0.4 is 11.1 Å². The van der Waals surface area contributed by atoms with Gasteiger partial charge < -0.3 is 11.1 Å². The number of nitrogens with one attached hydrogen (secondary N) is 1. The van der Waals surface area contributed by atoms with Crippen molar-refractivity contribution < 1.29 is 4.79 Å². The first-order valence-electron chi connectivity index (χ1n) is 5.77. The first-order valence-corrected chi connectivity index (χ1v) is 6.15. The van der Waals surface area contributed by atoms with Crippen molar-refractivity contribution in [2.45, 2.75) is 13.8 Å². The molecule has 0 radical (unpaired) electrons. The maximum Gasteiger partial charge on any atom is 0.258 e. The van der Waals surface area contributed by atoms with Gasteiger partial charge in [0.05, 0.1) is 10.6 Å². The van der Waals surface area contributed by atoms with Gasteiger partial charge in [-0.3, -0.25) is 4.79 Å². The molecular weight excluding hydrogens is 262 g/mol. The highest BCUT2D eigenvalue weighted by Crippen LogP contribution is 2.20. The number of carbonyl (C=O) groups is 1. The van der Waals surface area contributed by atoms with Crippen LogP contribution in [0.2, 0.25) is 5.02 Å². The smallest absolute Gasteiger partial charge is 0.258 e. The molecule has 0 atom stereocenters. The number of benzene rings is 1. The number of nitrogens with zero attached hydrogens (tertiary/aromatic N) is 1. The lowest BCUT2D eigenvalue weighted by molar-refractivity contribution is 0.102. The van der Waals surface area contributed by atoms with E-state index in [9.17, 15) is 4.79 Å². The van der Waals surface area contributed by atoms with Gasteiger partial charge in [-0.1, -0.05) is 11.6 Å². The Bertz CT molecular complexity index is 620. The SMILES string of the molecule is Cc1cc(C)nc(NC(=O)c2cc(N)ccc2Cl)c1. The van der Waals surface area contributed by atoms with Gasteiger partial charge in [0.2, 0.25) is 0 Å². The molecule has 4 nitrogen and oxygen atoms in total. The summed E-state index contributed by atoms with van der Waals surface area (Å²) >= 11 is 5.98. The van der Waals surface area contributed by atoms with Crippen molar-refractivity contribution in [2.75, 3.05) is 11.1 Å². The van der Waals surface area contributed by atoms with Crippen LogP contribution in [0.5, 0.6) is 0 Å². The molecule has 2 aromatic rings. The third-order valence-corrected chi connectivity index (χ3v) is 2.90. The fraction of sp³-hybridized carbons (Fsp3) is 0.143. The Morgan fingerprint density at radius 1 is 1.26 bits per heavy atom. The van der Waals surface area contributed by atoms with Crippen LogP contribution in [-0.2, 0) is 0 Å². The molecule has 2 rings (SSSR count). The molecule has 0 unspecified atom stereocenters. The van der Waals surface area contributed by atoms with E-state index in [1.54, 1.807) is 24.3 Å². The summed E-state index contributed by atoms with van der Waals surface area (Å²) in [6.07, 6.45) is 0. The Kier molecular flexibility index (Phi) is 3.71. The number of nitrogen functional groups attached to an aromatic ring is 1. The molecular formula is C14H14ClN3O. The maximum absolute atomic E-state index is 12.1. The van der Waals surface area contributed by atoms with Crippen LogP contribution in [0.25, 0.3) is 0 Å². The van der Waals surface area contributed by atoms with Crippen molar-refractivity contribution in [1.29, 1.82) is 0 Å². The van der Waals surface area contributed by atoms with E-state index in [0.29, 0.717) is 22.1 Å². The topological polar surface area (TPSA) is 68.0 Å². The largest absolute Gasteiger partial charge is 0.399 e. The highest BCUT2D eigenvalue weighted by atomic mass is 35.5. The Balaban J connectivity index is 2.28. The van der Waals surface area contributed by atoms with E-state index in [1.807, 2.05) is 19.9 Å². The number of nitrogens with two attached hydrogens (primary N) is 1. The first kappa shape index (κ1) is 13.4. The van der Waals surface area contributed by atoms with Gasteiger partial charge in [0.25, 0.3) is 5.91 Å². The molecule has 1 aromatic heterocycles. The quantitative estimate of drug-likeness (QED) is 0.827. The minimum absolute atomic E-state index is 0.324. The van der Waals surface area contributed by atoms with Gasteiger partial charge in [-0.05, 0) is 49.7 Å². The predicted octanol–water partition coefficient (Wildman–Crippen LogP) is 3.19. The summed E-state index contributed by atoms with van der Waals surface area (Å²) in [5.41, 5.74) is 8.35. The number of aryl methyl sites for hydroxylation is 2. The summed E-state index contributed by atoms with van der Waals surface area (Å²) in [6.45, 7) is 3.81. The molecule has 3 N–H and O–H groups in total. The molecule has 0 spiro atoms. The number of rotatable bonds is 2. The maximum atomic E-state index is 12.1. The molecule has 0 aliphatic carbocycles. The van der Waals surface area contributed by atoms with Gasteiger partial charge in [-0.25, -0.2) is 4.98 Å². The molecule has 0 fully saturated rings.